The van der Waals surface area contributed by atoms with Crippen molar-refractivity contribution in [2.75, 3.05) is 6.54 Å². The summed E-state index contributed by atoms with van der Waals surface area (Å²) in [5.41, 5.74) is 2.53. The van der Waals surface area contributed by atoms with Crippen molar-refractivity contribution in [1.82, 2.24) is 0 Å². The summed E-state index contributed by atoms with van der Waals surface area (Å²) < 4.78 is 1.11. The first-order valence-electron chi connectivity index (χ1n) is 4.05. The molecule has 0 aliphatic carbocycles. The summed E-state index contributed by atoms with van der Waals surface area (Å²) in [5.74, 6) is 0. The minimum atomic E-state index is 0.366. The summed E-state index contributed by atoms with van der Waals surface area (Å²) in [6.07, 6.45) is 0.910. The summed E-state index contributed by atoms with van der Waals surface area (Å²) in [4.78, 5) is 0. The van der Waals surface area contributed by atoms with Crippen LogP contribution in [-0.2, 0) is 13.0 Å². The fraction of sp³-hybridized carbons (Fsp3) is 0.333. The quantitative estimate of drug-likeness (QED) is 0.656. The van der Waals surface area contributed by atoms with Gasteiger partial charge in [-0.3, -0.25) is 0 Å². The van der Waals surface area contributed by atoms with Gasteiger partial charge in [0.2, 0.25) is 0 Å². The third-order valence-corrected chi connectivity index (χ3v) is 2.72. The Balaban J connectivity index is 2.37. The molecule has 0 spiro atoms. The SMILES string of the molecule is [O-][NH+]1CCc2cc(Br)ccc2C1. The molecule has 0 amide bonds. The van der Waals surface area contributed by atoms with Crippen LogP contribution in [0.25, 0.3) is 0 Å². The Morgan fingerprint density at radius 3 is 3.00 bits per heavy atom. The zero-order valence-electron chi connectivity index (χ0n) is 6.64. The van der Waals surface area contributed by atoms with Crippen molar-refractivity contribution >= 4 is 15.9 Å². The number of halogens is 1. The van der Waals surface area contributed by atoms with E-state index >= 15 is 0 Å². The number of hydrogen-bond acceptors (Lipinski definition) is 1. The largest absolute Gasteiger partial charge is 0.634 e. The van der Waals surface area contributed by atoms with Gasteiger partial charge in [-0.1, -0.05) is 22.0 Å². The summed E-state index contributed by atoms with van der Waals surface area (Å²) in [7, 11) is 0. The van der Waals surface area contributed by atoms with Gasteiger partial charge in [-0.15, -0.1) is 0 Å². The Bertz CT molecular complexity index is 301. The molecule has 0 aromatic heterocycles. The van der Waals surface area contributed by atoms with Gasteiger partial charge in [0.25, 0.3) is 0 Å². The fourth-order valence-corrected chi connectivity index (χ4v) is 1.98. The molecule has 1 heterocycles. The lowest BCUT2D eigenvalue weighted by atomic mass is 10.0. The third-order valence-electron chi connectivity index (χ3n) is 2.23. The van der Waals surface area contributed by atoms with E-state index in [9.17, 15) is 5.21 Å². The summed E-state index contributed by atoms with van der Waals surface area (Å²) >= 11 is 3.42. The molecule has 1 unspecified atom stereocenters. The van der Waals surface area contributed by atoms with Crippen LogP contribution in [0.15, 0.2) is 22.7 Å². The maximum absolute atomic E-state index is 11.1. The van der Waals surface area contributed by atoms with Gasteiger partial charge in [-0.05, 0) is 17.7 Å². The highest BCUT2D eigenvalue weighted by Gasteiger charge is 2.13. The lowest BCUT2D eigenvalue weighted by molar-refractivity contribution is -0.864. The molecule has 2 nitrogen and oxygen atoms in total. The van der Waals surface area contributed by atoms with Crippen molar-refractivity contribution in [3.05, 3.63) is 39.0 Å². The first-order chi connectivity index (χ1) is 5.75. The van der Waals surface area contributed by atoms with Gasteiger partial charge in [0.1, 0.15) is 6.54 Å². The Kier molecular flexibility index (Phi) is 2.17. The molecule has 1 atom stereocenters. The lowest BCUT2D eigenvalue weighted by Gasteiger charge is -2.28. The molecule has 0 radical (unpaired) electrons. The molecule has 12 heavy (non-hydrogen) atoms. The minimum absolute atomic E-state index is 0.366. The Morgan fingerprint density at radius 1 is 1.33 bits per heavy atom. The van der Waals surface area contributed by atoms with Crippen molar-refractivity contribution in [2.45, 2.75) is 13.0 Å². The van der Waals surface area contributed by atoms with Gasteiger partial charge in [0.05, 0.1) is 6.54 Å². The van der Waals surface area contributed by atoms with Crippen molar-refractivity contribution in [2.24, 2.45) is 0 Å². The van der Waals surface area contributed by atoms with Crippen molar-refractivity contribution in [3.63, 3.8) is 0 Å². The van der Waals surface area contributed by atoms with E-state index in [2.05, 4.69) is 22.0 Å². The maximum atomic E-state index is 11.1. The predicted molar refractivity (Wildman–Crippen MR) is 50.7 cm³/mol. The van der Waals surface area contributed by atoms with Crippen LogP contribution in [0.2, 0.25) is 0 Å². The highest BCUT2D eigenvalue weighted by Crippen LogP contribution is 2.17. The van der Waals surface area contributed by atoms with Gasteiger partial charge in [0.15, 0.2) is 0 Å². The van der Waals surface area contributed by atoms with Gasteiger partial charge in [0, 0.05) is 16.5 Å². The third kappa shape index (κ3) is 1.53. The zero-order chi connectivity index (χ0) is 8.55. The molecule has 1 aliphatic rings. The van der Waals surface area contributed by atoms with Gasteiger partial charge in [-0.25, -0.2) is 0 Å². The first kappa shape index (κ1) is 8.23. The van der Waals surface area contributed by atoms with Crippen molar-refractivity contribution < 1.29 is 5.06 Å². The molecule has 0 fully saturated rings. The molecule has 1 aromatic carbocycles. The highest BCUT2D eigenvalue weighted by molar-refractivity contribution is 9.10. The fourth-order valence-electron chi connectivity index (χ4n) is 1.57. The number of hydrogen-bond donors (Lipinski definition) is 1. The lowest BCUT2D eigenvalue weighted by Crippen LogP contribution is -3.06. The molecule has 3 heteroatoms. The molecular formula is C9H10BrNO. The van der Waals surface area contributed by atoms with Crippen molar-refractivity contribution in [1.29, 1.82) is 0 Å². The number of hydroxylamine groups is 2. The predicted octanol–water partition coefficient (Wildman–Crippen LogP) is 0.888. The molecule has 1 N–H and O–H groups in total. The molecule has 1 aliphatic heterocycles. The van der Waals surface area contributed by atoms with Gasteiger partial charge >= 0.3 is 0 Å². The monoisotopic (exact) mass is 227 g/mol. The topological polar surface area (TPSA) is 27.5 Å². The van der Waals surface area contributed by atoms with Crippen LogP contribution in [0.4, 0.5) is 0 Å². The van der Waals surface area contributed by atoms with E-state index in [0.29, 0.717) is 18.2 Å². The molecule has 0 saturated carbocycles. The van der Waals surface area contributed by atoms with Crippen LogP contribution in [0.5, 0.6) is 0 Å². The second-order valence-electron chi connectivity index (χ2n) is 3.13. The molecule has 2 rings (SSSR count). The van der Waals surface area contributed by atoms with E-state index in [4.69, 9.17) is 0 Å². The average Bonchev–Trinajstić information content (AvgIpc) is 2.05. The summed E-state index contributed by atoms with van der Waals surface area (Å²) in [6.45, 7) is 1.34. The number of fused-ring (bicyclic) bond motifs is 1. The Morgan fingerprint density at radius 2 is 2.17 bits per heavy atom. The van der Waals surface area contributed by atoms with Crippen molar-refractivity contribution in [3.8, 4) is 0 Å². The van der Waals surface area contributed by atoms with E-state index in [0.717, 1.165) is 10.9 Å². The van der Waals surface area contributed by atoms with Gasteiger partial charge in [-0.2, -0.15) is 0 Å². The van der Waals surface area contributed by atoms with Crippen LogP contribution in [0.3, 0.4) is 0 Å². The highest BCUT2D eigenvalue weighted by atomic mass is 79.9. The summed E-state index contributed by atoms with van der Waals surface area (Å²) in [5, 5.41) is 11.5. The number of rotatable bonds is 0. The van der Waals surface area contributed by atoms with E-state index in [-0.39, 0.29) is 0 Å². The van der Waals surface area contributed by atoms with Crippen LogP contribution in [0.1, 0.15) is 11.1 Å². The number of quaternary nitrogens is 1. The first-order valence-corrected chi connectivity index (χ1v) is 4.84. The number of nitrogens with one attached hydrogen (secondary N) is 1. The summed E-state index contributed by atoms with van der Waals surface area (Å²) in [6, 6.07) is 6.15. The van der Waals surface area contributed by atoms with E-state index in [1.165, 1.54) is 11.1 Å². The minimum Gasteiger partial charge on any atom is -0.634 e. The Hall–Kier alpha value is -0.380. The van der Waals surface area contributed by atoms with Gasteiger partial charge < -0.3 is 10.3 Å². The van der Waals surface area contributed by atoms with Crippen LogP contribution >= 0.6 is 15.9 Å². The van der Waals surface area contributed by atoms with Crippen LogP contribution in [0, 0.1) is 5.21 Å². The van der Waals surface area contributed by atoms with E-state index in [1.54, 1.807) is 0 Å². The molecular weight excluding hydrogens is 218 g/mol. The molecule has 0 bridgehead atoms. The second kappa shape index (κ2) is 3.17. The van der Waals surface area contributed by atoms with E-state index in [1.807, 2.05) is 12.1 Å². The molecule has 64 valence electrons. The zero-order valence-corrected chi connectivity index (χ0v) is 8.23. The number of benzene rings is 1. The van der Waals surface area contributed by atoms with Crippen LogP contribution in [-0.4, -0.2) is 6.54 Å². The average molecular weight is 228 g/mol. The Labute approximate surface area is 79.9 Å². The molecule has 1 aromatic rings. The maximum Gasteiger partial charge on any atom is 0.103 e. The van der Waals surface area contributed by atoms with Crippen LogP contribution < -0.4 is 5.06 Å². The smallest absolute Gasteiger partial charge is 0.103 e. The normalized spacial score (nSPS) is 22.0. The van der Waals surface area contributed by atoms with E-state index < -0.39 is 0 Å². The standard InChI is InChI=1S/C9H10BrNO/c10-9-2-1-8-6-11(12)4-3-7(8)5-9/h1-2,5,11H,3-4,6H2. The molecule has 0 saturated heterocycles. The second-order valence-corrected chi connectivity index (χ2v) is 4.04.